The average Bonchev–Trinajstić information content (AvgIpc) is 3.61. The highest BCUT2D eigenvalue weighted by atomic mass is 16.5. The van der Waals surface area contributed by atoms with Gasteiger partial charge in [0.2, 0.25) is 0 Å². The zero-order valence-electron chi connectivity index (χ0n) is 36.6. The minimum absolute atomic E-state index is 0.00245. The fraction of sp³-hybridized carbons (Fsp3) is 0.255. The van der Waals surface area contributed by atoms with E-state index in [0.717, 1.165) is 72.8 Å². The zero-order valence-corrected chi connectivity index (χ0v) is 36.6. The standard InChI is InChI=1S/C55H53BN2O2/c1-32(2)40-17-14-18-41(33(3)4)51(40)58-46-28-36(20-24-45(46)57-53(58)34-15-12-11-13-16-34)35-19-23-42-37(27-35)29-49-50-52(42)60-48-26-22-39(55(8,9)10)31-44(48)56(50)43-30-38(54(5,6)7)21-25-47(43)59-49/h11-33H,1-10H3. The summed E-state index contributed by atoms with van der Waals surface area (Å²) in [6, 6.07) is 46.7. The first-order valence-electron chi connectivity index (χ1n) is 21.6. The zero-order chi connectivity index (χ0) is 41.8. The molecule has 0 aliphatic carbocycles. The summed E-state index contributed by atoms with van der Waals surface area (Å²) in [6.45, 7) is 22.8. The van der Waals surface area contributed by atoms with Crippen molar-refractivity contribution >= 4 is 44.9 Å². The largest absolute Gasteiger partial charge is 0.458 e. The van der Waals surface area contributed by atoms with E-state index in [9.17, 15) is 0 Å². The Balaban J connectivity index is 1.17. The van der Waals surface area contributed by atoms with E-state index < -0.39 is 0 Å². The van der Waals surface area contributed by atoms with Gasteiger partial charge in [0, 0.05) is 16.4 Å². The van der Waals surface area contributed by atoms with Crippen LogP contribution in [0, 0.1) is 0 Å². The highest BCUT2D eigenvalue weighted by Crippen LogP contribution is 2.43. The van der Waals surface area contributed by atoms with E-state index in [1.165, 1.54) is 38.9 Å². The van der Waals surface area contributed by atoms with Gasteiger partial charge in [0.25, 0.3) is 6.71 Å². The maximum Gasteiger partial charge on any atom is 0.260 e. The molecule has 7 aromatic carbocycles. The van der Waals surface area contributed by atoms with Crippen molar-refractivity contribution in [2.45, 2.75) is 91.9 Å². The summed E-state index contributed by atoms with van der Waals surface area (Å²) in [5.41, 5.74) is 15.4. The molecule has 8 aromatic rings. The number of rotatable bonds is 5. The molecule has 0 spiro atoms. The smallest absolute Gasteiger partial charge is 0.260 e. The van der Waals surface area contributed by atoms with E-state index in [-0.39, 0.29) is 17.5 Å². The van der Waals surface area contributed by atoms with Crippen molar-refractivity contribution in [3.05, 3.63) is 150 Å². The van der Waals surface area contributed by atoms with Gasteiger partial charge in [-0.1, -0.05) is 160 Å². The van der Waals surface area contributed by atoms with Crippen molar-refractivity contribution in [2.24, 2.45) is 0 Å². The number of hydrogen-bond donors (Lipinski definition) is 0. The monoisotopic (exact) mass is 784 g/mol. The Morgan fingerprint density at radius 3 is 1.77 bits per heavy atom. The molecule has 0 amide bonds. The number of imidazole rings is 1. The van der Waals surface area contributed by atoms with Gasteiger partial charge in [0.05, 0.1) is 16.7 Å². The summed E-state index contributed by atoms with van der Waals surface area (Å²) in [5.74, 6) is 5.18. The third-order valence-corrected chi connectivity index (χ3v) is 12.8. The lowest BCUT2D eigenvalue weighted by molar-refractivity contribution is 0.467. The first-order valence-corrected chi connectivity index (χ1v) is 21.6. The third kappa shape index (κ3) is 6.16. The fourth-order valence-corrected chi connectivity index (χ4v) is 9.42. The van der Waals surface area contributed by atoms with Gasteiger partial charge in [-0.2, -0.15) is 0 Å². The second-order valence-corrected chi connectivity index (χ2v) is 19.6. The highest BCUT2D eigenvalue weighted by molar-refractivity contribution is 6.98. The second-order valence-electron chi connectivity index (χ2n) is 19.6. The van der Waals surface area contributed by atoms with Gasteiger partial charge in [-0.15, -0.1) is 0 Å². The van der Waals surface area contributed by atoms with Gasteiger partial charge in [-0.25, -0.2) is 4.98 Å². The molecule has 3 heterocycles. The molecule has 0 saturated carbocycles. The third-order valence-electron chi connectivity index (χ3n) is 12.8. The van der Waals surface area contributed by atoms with Crippen LogP contribution in [0.1, 0.15) is 103 Å². The van der Waals surface area contributed by atoms with Crippen molar-refractivity contribution in [3.63, 3.8) is 0 Å². The summed E-state index contributed by atoms with van der Waals surface area (Å²) in [5, 5.41) is 2.16. The van der Waals surface area contributed by atoms with E-state index in [2.05, 4.69) is 201 Å². The maximum absolute atomic E-state index is 7.00. The van der Waals surface area contributed by atoms with Gasteiger partial charge in [-0.05, 0) is 109 Å². The van der Waals surface area contributed by atoms with Gasteiger partial charge < -0.3 is 9.47 Å². The van der Waals surface area contributed by atoms with Crippen LogP contribution in [-0.4, -0.2) is 16.3 Å². The summed E-state index contributed by atoms with van der Waals surface area (Å²) in [4.78, 5) is 5.33. The number of aromatic nitrogens is 2. The molecule has 0 unspecified atom stereocenters. The lowest BCUT2D eigenvalue weighted by Crippen LogP contribution is -2.57. The van der Waals surface area contributed by atoms with Crippen LogP contribution in [0.5, 0.6) is 23.0 Å². The quantitative estimate of drug-likeness (QED) is 0.163. The van der Waals surface area contributed by atoms with E-state index in [4.69, 9.17) is 14.5 Å². The summed E-state index contributed by atoms with van der Waals surface area (Å²) >= 11 is 0. The minimum atomic E-state index is -0.0119. The van der Waals surface area contributed by atoms with E-state index >= 15 is 0 Å². The lowest BCUT2D eigenvalue weighted by atomic mass is 9.34. The van der Waals surface area contributed by atoms with Crippen LogP contribution in [0.3, 0.4) is 0 Å². The Kier molecular flexibility index (Phi) is 8.74. The van der Waals surface area contributed by atoms with E-state index in [1.807, 2.05) is 0 Å². The topological polar surface area (TPSA) is 36.3 Å². The molecule has 0 bridgehead atoms. The Hall–Kier alpha value is -6.07. The summed E-state index contributed by atoms with van der Waals surface area (Å²) in [7, 11) is 0. The van der Waals surface area contributed by atoms with Gasteiger partial charge in [-0.3, -0.25) is 4.57 Å². The molecule has 2 aliphatic rings. The summed E-state index contributed by atoms with van der Waals surface area (Å²) < 4.78 is 16.3. The van der Waals surface area contributed by atoms with Crippen molar-refractivity contribution < 1.29 is 9.47 Å². The van der Waals surface area contributed by atoms with E-state index in [0.29, 0.717) is 11.8 Å². The molecule has 0 saturated heterocycles. The molecule has 0 atom stereocenters. The van der Waals surface area contributed by atoms with Crippen LogP contribution in [0.2, 0.25) is 0 Å². The Bertz CT molecular complexity index is 2960. The molecular weight excluding hydrogens is 731 g/mol. The van der Waals surface area contributed by atoms with Crippen molar-refractivity contribution in [1.82, 2.24) is 9.55 Å². The molecule has 0 fully saturated rings. The van der Waals surface area contributed by atoms with Crippen LogP contribution < -0.4 is 25.9 Å². The molecule has 1 aromatic heterocycles. The van der Waals surface area contributed by atoms with Crippen molar-refractivity contribution in [2.75, 3.05) is 0 Å². The molecular formula is C55H53BN2O2. The van der Waals surface area contributed by atoms with Crippen molar-refractivity contribution in [1.29, 1.82) is 0 Å². The van der Waals surface area contributed by atoms with Gasteiger partial charge >= 0.3 is 0 Å². The van der Waals surface area contributed by atoms with Crippen LogP contribution >= 0.6 is 0 Å². The average molecular weight is 785 g/mol. The van der Waals surface area contributed by atoms with Crippen molar-refractivity contribution in [3.8, 4) is 51.2 Å². The normalized spacial score (nSPS) is 13.4. The lowest BCUT2D eigenvalue weighted by Gasteiger charge is -2.35. The number of hydrogen-bond acceptors (Lipinski definition) is 3. The molecule has 5 heteroatoms. The first kappa shape index (κ1) is 38.2. The molecule has 298 valence electrons. The molecule has 60 heavy (non-hydrogen) atoms. The molecule has 0 radical (unpaired) electrons. The minimum Gasteiger partial charge on any atom is -0.458 e. The maximum atomic E-state index is 7.00. The van der Waals surface area contributed by atoms with Crippen LogP contribution in [0.4, 0.5) is 0 Å². The van der Waals surface area contributed by atoms with Gasteiger partial charge in [0.15, 0.2) is 0 Å². The summed E-state index contributed by atoms with van der Waals surface area (Å²) in [6.07, 6.45) is 0. The molecule has 4 nitrogen and oxygen atoms in total. The number of benzene rings is 7. The Labute approximate surface area is 355 Å². The van der Waals surface area contributed by atoms with E-state index in [1.54, 1.807) is 0 Å². The molecule has 2 aliphatic heterocycles. The number of ether oxygens (including phenoxy) is 2. The first-order chi connectivity index (χ1) is 28.7. The second kappa shape index (κ2) is 13.7. The Morgan fingerprint density at radius 2 is 1.15 bits per heavy atom. The van der Waals surface area contributed by atoms with Crippen LogP contribution in [0.15, 0.2) is 127 Å². The molecule has 0 N–H and O–H groups in total. The van der Waals surface area contributed by atoms with Gasteiger partial charge in [0.1, 0.15) is 28.8 Å². The SMILES string of the molecule is CC(C)c1cccc(C(C)C)c1-n1c(-c2ccccc2)nc2ccc(-c3ccc4c5c6c(cc4c3)Oc3ccc(C(C)(C)C)cc3B6c3cc(C(C)(C)C)ccc3O5)cc21. The fourth-order valence-electron chi connectivity index (χ4n) is 9.42. The van der Waals surface area contributed by atoms with Crippen LogP contribution in [0.25, 0.3) is 50.0 Å². The molecule has 10 rings (SSSR count). The predicted octanol–water partition coefficient (Wildman–Crippen LogP) is 13.1. The van der Waals surface area contributed by atoms with Crippen LogP contribution in [-0.2, 0) is 10.8 Å². The number of para-hydroxylation sites is 1. The number of nitrogens with zero attached hydrogens (tertiary/aromatic N) is 2. The Morgan fingerprint density at radius 1 is 0.550 bits per heavy atom. The highest BCUT2D eigenvalue weighted by Gasteiger charge is 2.42. The number of fused-ring (bicyclic) bond motifs is 7. The predicted molar refractivity (Wildman–Crippen MR) is 253 cm³/mol.